The Morgan fingerprint density at radius 1 is 1.21 bits per heavy atom. The van der Waals surface area contributed by atoms with Gasteiger partial charge in [0.15, 0.2) is 17.5 Å². The van der Waals surface area contributed by atoms with Gasteiger partial charge in [0.05, 0.1) is 5.56 Å². The van der Waals surface area contributed by atoms with Crippen LogP contribution in [0, 0.1) is 17.5 Å². The van der Waals surface area contributed by atoms with Crippen LogP contribution >= 0.6 is 0 Å². The number of carbonyl (C=O) groups is 1. The summed E-state index contributed by atoms with van der Waals surface area (Å²) >= 11 is 0. The van der Waals surface area contributed by atoms with Crippen LogP contribution in [0.2, 0.25) is 0 Å². The van der Waals surface area contributed by atoms with Crippen molar-refractivity contribution in [3.8, 4) is 0 Å². The summed E-state index contributed by atoms with van der Waals surface area (Å²) in [4.78, 5) is 13.8. The Morgan fingerprint density at radius 2 is 1.84 bits per heavy atom. The Labute approximate surface area is 109 Å². The first kappa shape index (κ1) is 13.9. The molecule has 1 aromatic rings. The molecule has 1 saturated heterocycles. The van der Waals surface area contributed by atoms with Gasteiger partial charge < -0.3 is 9.64 Å². The maximum absolute atomic E-state index is 13.4. The van der Waals surface area contributed by atoms with Crippen molar-refractivity contribution in [2.24, 2.45) is 0 Å². The second-order valence-electron chi connectivity index (χ2n) is 4.63. The predicted octanol–water partition coefficient (Wildman–Crippen LogP) is 2.35. The van der Waals surface area contributed by atoms with Gasteiger partial charge in [0, 0.05) is 13.1 Å². The molecule has 1 fully saturated rings. The highest BCUT2D eigenvalue weighted by atomic mass is 19.2. The summed E-state index contributed by atoms with van der Waals surface area (Å²) in [7, 11) is 1.95. The summed E-state index contributed by atoms with van der Waals surface area (Å²) in [5.41, 5.74) is -0.571. The topological polar surface area (TPSA) is 29.5 Å². The zero-order valence-corrected chi connectivity index (χ0v) is 10.5. The van der Waals surface area contributed by atoms with Crippen LogP contribution in [-0.4, -0.2) is 37.1 Å². The van der Waals surface area contributed by atoms with Crippen LogP contribution in [0.15, 0.2) is 12.1 Å². The molecule has 104 valence electrons. The highest BCUT2D eigenvalue weighted by molar-refractivity contribution is 5.89. The van der Waals surface area contributed by atoms with Crippen molar-refractivity contribution in [3.63, 3.8) is 0 Å². The number of nitrogens with zero attached hydrogens (tertiary/aromatic N) is 1. The third-order valence-electron chi connectivity index (χ3n) is 3.19. The summed E-state index contributed by atoms with van der Waals surface area (Å²) in [6.07, 6.45) is 0.984. The monoisotopic (exact) mass is 273 g/mol. The van der Waals surface area contributed by atoms with Gasteiger partial charge in [0.25, 0.3) is 0 Å². The number of hydrogen-bond donors (Lipinski definition) is 0. The number of rotatable bonds is 2. The molecule has 0 saturated carbocycles. The first-order valence-electron chi connectivity index (χ1n) is 6.02. The van der Waals surface area contributed by atoms with Crippen molar-refractivity contribution in [1.82, 2.24) is 4.90 Å². The molecule has 1 aliphatic rings. The van der Waals surface area contributed by atoms with Crippen molar-refractivity contribution < 1.29 is 22.7 Å². The Bertz CT molecular complexity index is 485. The predicted molar refractivity (Wildman–Crippen MR) is 62.3 cm³/mol. The van der Waals surface area contributed by atoms with Crippen molar-refractivity contribution in [2.45, 2.75) is 18.9 Å². The number of benzene rings is 1. The van der Waals surface area contributed by atoms with Gasteiger partial charge in [0.2, 0.25) is 0 Å². The van der Waals surface area contributed by atoms with Crippen LogP contribution in [0.25, 0.3) is 0 Å². The van der Waals surface area contributed by atoms with E-state index in [9.17, 15) is 18.0 Å². The number of piperidine rings is 1. The van der Waals surface area contributed by atoms with Crippen LogP contribution < -0.4 is 0 Å². The molecule has 0 bridgehead atoms. The average Bonchev–Trinajstić information content (AvgIpc) is 2.39. The number of ether oxygens (including phenoxy) is 1. The molecule has 19 heavy (non-hydrogen) atoms. The molecule has 0 atom stereocenters. The van der Waals surface area contributed by atoms with E-state index >= 15 is 0 Å². The van der Waals surface area contributed by atoms with Gasteiger partial charge in [-0.2, -0.15) is 0 Å². The molecule has 0 N–H and O–H groups in total. The van der Waals surface area contributed by atoms with E-state index in [2.05, 4.69) is 4.90 Å². The lowest BCUT2D eigenvalue weighted by molar-refractivity contribution is 0.0133. The Kier molecular flexibility index (Phi) is 4.09. The first-order chi connectivity index (χ1) is 8.99. The maximum Gasteiger partial charge on any atom is 0.341 e. The van der Waals surface area contributed by atoms with Crippen LogP contribution in [0.5, 0.6) is 0 Å². The summed E-state index contributed by atoms with van der Waals surface area (Å²) in [6.45, 7) is 1.55. The molecule has 3 nitrogen and oxygen atoms in total. The van der Waals surface area contributed by atoms with Gasteiger partial charge in [0.1, 0.15) is 6.10 Å². The molecule has 0 spiro atoms. The molecular formula is C13H14F3NO2. The van der Waals surface area contributed by atoms with Gasteiger partial charge in [-0.25, -0.2) is 18.0 Å². The van der Waals surface area contributed by atoms with Crippen molar-refractivity contribution in [1.29, 1.82) is 0 Å². The van der Waals surface area contributed by atoms with E-state index in [-0.39, 0.29) is 6.10 Å². The van der Waals surface area contributed by atoms with E-state index in [0.717, 1.165) is 19.2 Å². The van der Waals surface area contributed by atoms with E-state index in [1.54, 1.807) is 0 Å². The molecule has 0 unspecified atom stereocenters. The minimum Gasteiger partial charge on any atom is -0.459 e. The lowest BCUT2D eigenvalue weighted by Crippen LogP contribution is -2.35. The number of hydrogen-bond acceptors (Lipinski definition) is 3. The number of carbonyl (C=O) groups excluding carboxylic acids is 1. The fourth-order valence-corrected chi connectivity index (χ4v) is 2.00. The van der Waals surface area contributed by atoms with E-state index in [0.29, 0.717) is 18.9 Å². The van der Waals surface area contributed by atoms with Crippen LogP contribution in [0.1, 0.15) is 23.2 Å². The second-order valence-corrected chi connectivity index (χ2v) is 4.63. The van der Waals surface area contributed by atoms with E-state index < -0.39 is 29.0 Å². The SMILES string of the molecule is CN1CCC(OC(=O)c2ccc(F)c(F)c2F)CC1. The fraction of sp³-hybridized carbons (Fsp3) is 0.462. The van der Waals surface area contributed by atoms with Crippen molar-refractivity contribution >= 4 is 5.97 Å². The third kappa shape index (κ3) is 3.07. The Balaban J connectivity index is 2.06. The molecule has 0 aliphatic carbocycles. The van der Waals surface area contributed by atoms with E-state index in [1.807, 2.05) is 7.05 Å². The van der Waals surface area contributed by atoms with Gasteiger partial charge in [-0.05, 0) is 32.0 Å². The highest BCUT2D eigenvalue weighted by Gasteiger charge is 2.24. The van der Waals surface area contributed by atoms with Gasteiger partial charge in [-0.3, -0.25) is 0 Å². The molecule has 0 radical (unpaired) electrons. The second kappa shape index (κ2) is 5.61. The quantitative estimate of drug-likeness (QED) is 0.612. The van der Waals surface area contributed by atoms with Crippen molar-refractivity contribution in [3.05, 3.63) is 35.1 Å². The number of halogens is 3. The standard InChI is InChI=1S/C13H14F3NO2/c1-17-6-4-8(5-7-17)19-13(18)9-2-3-10(14)12(16)11(9)15/h2-3,8H,4-7H2,1H3. The van der Waals surface area contributed by atoms with Gasteiger partial charge >= 0.3 is 5.97 Å². The Morgan fingerprint density at radius 3 is 2.47 bits per heavy atom. The average molecular weight is 273 g/mol. The molecule has 2 rings (SSSR count). The highest BCUT2D eigenvalue weighted by Crippen LogP contribution is 2.19. The van der Waals surface area contributed by atoms with Crippen LogP contribution in [-0.2, 0) is 4.74 Å². The third-order valence-corrected chi connectivity index (χ3v) is 3.19. The Hall–Kier alpha value is -1.56. The fourth-order valence-electron chi connectivity index (χ4n) is 2.00. The molecule has 0 amide bonds. The molecule has 1 heterocycles. The largest absolute Gasteiger partial charge is 0.459 e. The smallest absolute Gasteiger partial charge is 0.341 e. The zero-order valence-electron chi connectivity index (χ0n) is 10.5. The number of esters is 1. The van der Waals surface area contributed by atoms with Gasteiger partial charge in [-0.15, -0.1) is 0 Å². The minimum atomic E-state index is -1.65. The van der Waals surface area contributed by atoms with Crippen LogP contribution in [0.4, 0.5) is 13.2 Å². The summed E-state index contributed by atoms with van der Waals surface area (Å²) < 4.78 is 44.3. The van der Waals surface area contributed by atoms with E-state index in [4.69, 9.17) is 4.74 Å². The van der Waals surface area contributed by atoms with Crippen LogP contribution in [0.3, 0.4) is 0 Å². The summed E-state index contributed by atoms with van der Waals surface area (Å²) in [5.74, 6) is -5.44. The lowest BCUT2D eigenvalue weighted by atomic mass is 10.1. The molecule has 6 heteroatoms. The summed E-state index contributed by atoms with van der Waals surface area (Å²) in [5, 5.41) is 0. The maximum atomic E-state index is 13.4. The van der Waals surface area contributed by atoms with E-state index in [1.165, 1.54) is 0 Å². The number of likely N-dealkylation sites (tertiary alicyclic amines) is 1. The summed E-state index contributed by atoms with van der Waals surface area (Å²) in [6, 6.07) is 1.61. The molecule has 1 aliphatic heterocycles. The minimum absolute atomic E-state index is 0.309. The normalized spacial score (nSPS) is 17.5. The first-order valence-corrected chi connectivity index (χ1v) is 6.02. The zero-order chi connectivity index (χ0) is 14.0. The molecule has 1 aromatic carbocycles. The molecule has 0 aromatic heterocycles. The lowest BCUT2D eigenvalue weighted by Gasteiger charge is -2.28. The van der Waals surface area contributed by atoms with Gasteiger partial charge in [-0.1, -0.05) is 0 Å². The molecular weight excluding hydrogens is 259 g/mol. The van der Waals surface area contributed by atoms with Crippen molar-refractivity contribution in [2.75, 3.05) is 20.1 Å².